The smallest absolute Gasteiger partial charge is 0.129 e. The van der Waals surface area contributed by atoms with E-state index in [0.29, 0.717) is 17.9 Å². The van der Waals surface area contributed by atoms with Crippen molar-refractivity contribution in [3.63, 3.8) is 0 Å². The van der Waals surface area contributed by atoms with Gasteiger partial charge in [0.25, 0.3) is 0 Å². The van der Waals surface area contributed by atoms with Gasteiger partial charge in [0.05, 0.1) is 5.60 Å². The third-order valence-electron chi connectivity index (χ3n) is 2.27. The number of nitrogen functional groups attached to an aromatic ring is 1. The summed E-state index contributed by atoms with van der Waals surface area (Å²) in [7, 11) is 1.85. The Morgan fingerprint density at radius 2 is 2.12 bits per heavy atom. The lowest BCUT2D eigenvalue weighted by molar-refractivity contribution is 0.0884. The van der Waals surface area contributed by atoms with Crippen molar-refractivity contribution < 1.29 is 5.11 Å². The standard InChI is InChI=1S/C12H20N4O/c1-8-5-9(11(13)14)6-10(15-8)16(4)7-12(2,3)17/h5-6,17H,7H2,1-4H3,(H3,13,14). The van der Waals surface area contributed by atoms with Gasteiger partial charge in [-0.3, -0.25) is 5.41 Å². The molecule has 17 heavy (non-hydrogen) atoms. The Hall–Kier alpha value is -1.62. The topological polar surface area (TPSA) is 86.2 Å². The molecule has 0 aliphatic rings. The first-order chi connectivity index (χ1) is 7.69. The summed E-state index contributed by atoms with van der Waals surface area (Å²) in [5.41, 5.74) is 6.12. The molecule has 0 saturated carbocycles. The number of nitrogens with one attached hydrogen (secondary N) is 1. The lowest BCUT2D eigenvalue weighted by atomic mass is 10.1. The molecular weight excluding hydrogens is 216 g/mol. The first kappa shape index (κ1) is 13.4. The Balaban J connectivity index is 3.01. The number of anilines is 1. The fraction of sp³-hybridized carbons (Fsp3) is 0.500. The van der Waals surface area contributed by atoms with Crippen LogP contribution in [0.15, 0.2) is 12.1 Å². The average molecular weight is 236 g/mol. The second-order valence-corrected chi connectivity index (χ2v) is 4.94. The van der Waals surface area contributed by atoms with Crippen molar-refractivity contribution in [1.29, 1.82) is 5.41 Å². The minimum Gasteiger partial charge on any atom is -0.389 e. The number of hydrogen-bond acceptors (Lipinski definition) is 4. The quantitative estimate of drug-likeness (QED) is 0.535. The molecule has 0 aliphatic carbocycles. The highest BCUT2D eigenvalue weighted by atomic mass is 16.3. The van der Waals surface area contributed by atoms with Gasteiger partial charge in [0, 0.05) is 24.8 Å². The van der Waals surface area contributed by atoms with Gasteiger partial charge in [0.2, 0.25) is 0 Å². The number of pyridine rings is 1. The number of nitrogens with zero attached hydrogens (tertiary/aromatic N) is 2. The van der Waals surface area contributed by atoms with Gasteiger partial charge in [0.1, 0.15) is 11.7 Å². The first-order valence-corrected chi connectivity index (χ1v) is 5.45. The molecule has 0 aliphatic heterocycles. The van der Waals surface area contributed by atoms with Crippen LogP contribution in [-0.2, 0) is 0 Å². The van der Waals surface area contributed by atoms with Crippen molar-refractivity contribution in [1.82, 2.24) is 4.98 Å². The number of rotatable bonds is 4. The molecule has 5 nitrogen and oxygen atoms in total. The number of amidine groups is 1. The Labute approximate surface area is 102 Å². The normalized spacial score (nSPS) is 11.4. The summed E-state index contributed by atoms with van der Waals surface area (Å²) in [6.45, 7) is 5.80. The van der Waals surface area contributed by atoms with Crippen LogP contribution in [0, 0.1) is 12.3 Å². The van der Waals surface area contributed by atoms with Crippen LogP contribution in [0.1, 0.15) is 25.1 Å². The van der Waals surface area contributed by atoms with E-state index in [0.717, 1.165) is 5.69 Å². The van der Waals surface area contributed by atoms with E-state index in [1.807, 2.05) is 18.9 Å². The molecule has 0 aromatic carbocycles. The van der Waals surface area contributed by atoms with Gasteiger partial charge < -0.3 is 15.7 Å². The van der Waals surface area contributed by atoms with Gasteiger partial charge >= 0.3 is 0 Å². The Morgan fingerprint density at radius 1 is 1.53 bits per heavy atom. The zero-order chi connectivity index (χ0) is 13.2. The van der Waals surface area contributed by atoms with E-state index in [2.05, 4.69) is 4.98 Å². The lowest BCUT2D eigenvalue weighted by Gasteiger charge is -2.26. The summed E-state index contributed by atoms with van der Waals surface area (Å²) in [5.74, 6) is 0.728. The zero-order valence-corrected chi connectivity index (χ0v) is 10.8. The molecule has 0 unspecified atom stereocenters. The number of aryl methyl sites for hydroxylation is 1. The molecule has 0 amide bonds. The van der Waals surface area contributed by atoms with Crippen molar-refractivity contribution in [3.8, 4) is 0 Å². The molecule has 4 N–H and O–H groups in total. The maximum Gasteiger partial charge on any atom is 0.129 e. The molecule has 0 atom stereocenters. The van der Waals surface area contributed by atoms with Crippen molar-refractivity contribution in [2.24, 2.45) is 5.73 Å². The van der Waals surface area contributed by atoms with Gasteiger partial charge in [-0.15, -0.1) is 0 Å². The van der Waals surface area contributed by atoms with E-state index >= 15 is 0 Å². The molecule has 0 radical (unpaired) electrons. The maximum absolute atomic E-state index is 9.76. The van der Waals surface area contributed by atoms with Crippen molar-refractivity contribution in [2.75, 3.05) is 18.5 Å². The molecule has 94 valence electrons. The summed E-state index contributed by atoms with van der Waals surface area (Å²) >= 11 is 0. The molecule has 1 rings (SSSR count). The van der Waals surface area contributed by atoms with Crippen molar-refractivity contribution in [3.05, 3.63) is 23.4 Å². The van der Waals surface area contributed by atoms with Gasteiger partial charge in [-0.1, -0.05) is 0 Å². The number of nitrogens with two attached hydrogens (primary N) is 1. The fourth-order valence-corrected chi connectivity index (χ4v) is 1.66. The molecule has 1 aromatic heterocycles. The summed E-state index contributed by atoms with van der Waals surface area (Å²) in [5, 5.41) is 17.2. The number of aromatic nitrogens is 1. The molecule has 0 spiro atoms. The molecule has 5 heteroatoms. The summed E-state index contributed by atoms with van der Waals surface area (Å²) in [6, 6.07) is 3.52. The van der Waals surface area contributed by atoms with Crippen molar-refractivity contribution in [2.45, 2.75) is 26.4 Å². The molecule has 1 heterocycles. The zero-order valence-electron chi connectivity index (χ0n) is 10.8. The van der Waals surface area contributed by atoms with E-state index < -0.39 is 5.60 Å². The van der Waals surface area contributed by atoms with Gasteiger partial charge in [-0.2, -0.15) is 0 Å². The number of hydrogen-bond donors (Lipinski definition) is 3. The van der Waals surface area contributed by atoms with Crippen molar-refractivity contribution >= 4 is 11.7 Å². The minimum atomic E-state index is -0.795. The van der Waals surface area contributed by atoms with Gasteiger partial charge in [0.15, 0.2) is 0 Å². The van der Waals surface area contributed by atoms with Crippen LogP contribution in [0.25, 0.3) is 0 Å². The summed E-state index contributed by atoms with van der Waals surface area (Å²) in [4.78, 5) is 6.21. The Kier molecular flexibility index (Phi) is 3.72. The molecule has 0 bridgehead atoms. The average Bonchev–Trinajstić information content (AvgIpc) is 2.13. The van der Waals surface area contributed by atoms with E-state index in [4.69, 9.17) is 11.1 Å². The number of aliphatic hydroxyl groups is 1. The van der Waals surface area contributed by atoms with Crippen LogP contribution in [0.4, 0.5) is 5.82 Å². The van der Waals surface area contributed by atoms with E-state index in [1.165, 1.54) is 0 Å². The van der Waals surface area contributed by atoms with Crippen LogP contribution in [0.5, 0.6) is 0 Å². The minimum absolute atomic E-state index is 0.0217. The monoisotopic (exact) mass is 236 g/mol. The third-order valence-corrected chi connectivity index (χ3v) is 2.27. The fourth-order valence-electron chi connectivity index (χ4n) is 1.66. The van der Waals surface area contributed by atoms with Crippen LogP contribution < -0.4 is 10.6 Å². The highest BCUT2D eigenvalue weighted by Gasteiger charge is 2.17. The highest BCUT2D eigenvalue weighted by Crippen LogP contribution is 2.16. The van der Waals surface area contributed by atoms with E-state index in [-0.39, 0.29) is 5.84 Å². The predicted molar refractivity (Wildman–Crippen MR) is 69.6 cm³/mol. The SMILES string of the molecule is Cc1cc(C(=N)N)cc(N(C)CC(C)(C)O)n1. The second kappa shape index (κ2) is 4.71. The van der Waals surface area contributed by atoms with Crippen LogP contribution in [0.3, 0.4) is 0 Å². The summed E-state index contributed by atoms with van der Waals surface area (Å²) < 4.78 is 0. The van der Waals surface area contributed by atoms with Gasteiger partial charge in [-0.25, -0.2) is 4.98 Å². The first-order valence-electron chi connectivity index (χ1n) is 5.45. The Morgan fingerprint density at radius 3 is 2.59 bits per heavy atom. The maximum atomic E-state index is 9.76. The molecule has 0 saturated heterocycles. The molecule has 0 fully saturated rings. The second-order valence-electron chi connectivity index (χ2n) is 4.94. The summed E-state index contributed by atoms with van der Waals surface area (Å²) in [6.07, 6.45) is 0. The molecular formula is C12H20N4O. The highest BCUT2D eigenvalue weighted by molar-refractivity contribution is 5.95. The van der Waals surface area contributed by atoms with Gasteiger partial charge in [-0.05, 0) is 32.9 Å². The van der Waals surface area contributed by atoms with E-state index in [1.54, 1.807) is 26.0 Å². The number of likely N-dealkylation sites (N-methyl/N-ethyl adjacent to an activating group) is 1. The van der Waals surface area contributed by atoms with E-state index in [9.17, 15) is 5.11 Å². The largest absolute Gasteiger partial charge is 0.389 e. The van der Waals surface area contributed by atoms with Crippen LogP contribution in [0.2, 0.25) is 0 Å². The Bertz CT molecular complexity index is 423. The van der Waals surface area contributed by atoms with Crippen LogP contribution in [-0.4, -0.2) is 35.1 Å². The lowest BCUT2D eigenvalue weighted by Crippen LogP contribution is -2.36. The molecule has 1 aromatic rings. The third kappa shape index (κ3) is 4.03. The van der Waals surface area contributed by atoms with Crippen LogP contribution >= 0.6 is 0 Å². The predicted octanol–water partition coefficient (Wildman–Crippen LogP) is 0.881.